The number of amides is 1. The molecule has 0 bridgehead atoms. The Morgan fingerprint density at radius 2 is 2.12 bits per heavy atom. The summed E-state index contributed by atoms with van der Waals surface area (Å²) >= 11 is 0. The summed E-state index contributed by atoms with van der Waals surface area (Å²) in [6, 6.07) is 9.82. The third-order valence-corrected chi connectivity index (χ3v) is 3.27. The van der Waals surface area contributed by atoms with Crippen LogP contribution < -0.4 is 11.5 Å². The monoisotopic (exact) mass is 233 g/mol. The average molecular weight is 233 g/mol. The van der Waals surface area contributed by atoms with Crippen LogP contribution in [0.2, 0.25) is 0 Å². The van der Waals surface area contributed by atoms with Gasteiger partial charge in [0.2, 0.25) is 5.91 Å². The van der Waals surface area contributed by atoms with Gasteiger partial charge in [-0.15, -0.1) is 0 Å². The van der Waals surface area contributed by atoms with Crippen molar-refractivity contribution in [2.75, 3.05) is 19.6 Å². The zero-order valence-electron chi connectivity index (χ0n) is 9.88. The molecule has 0 aliphatic carbocycles. The molecule has 0 spiro atoms. The molecule has 1 fully saturated rings. The molecule has 1 saturated heterocycles. The van der Waals surface area contributed by atoms with Gasteiger partial charge in [0, 0.05) is 25.7 Å². The summed E-state index contributed by atoms with van der Waals surface area (Å²) in [7, 11) is 0. The van der Waals surface area contributed by atoms with E-state index in [1.54, 1.807) is 0 Å². The molecule has 0 aromatic heterocycles. The molecular weight excluding hydrogens is 214 g/mol. The number of carbonyl (C=O) groups is 1. The number of hydrogen-bond acceptors (Lipinski definition) is 3. The van der Waals surface area contributed by atoms with Crippen LogP contribution in [0.4, 0.5) is 0 Å². The molecule has 4 heteroatoms. The Hall–Kier alpha value is -1.39. The molecule has 4 N–H and O–H groups in total. The smallest absolute Gasteiger partial charge is 0.231 e. The SMILES string of the molecule is NCC(C(=O)N1CCC(N)C1)c1ccccc1. The number of carbonyl (C=O) groups excluding carboxylic acids is 1. The zero-order valence-corrected chi connectivity index (χ0v) is 9.88. The van der Waals surface area contributed by atoms with E-state index < -0.39 is 0 Å². The van der Waals surface area contributed by atoms with E-state index in [2.05, 4.69) is 0 Å². The maximum absolute atomic E-state index is 12.3. The van der Waals surface area contributed by atoms with Gasteiger partial charge in [-0.05, 0) is 12.0 Å². The van der Waals surface area contributed by atoms with Crippen molar-refractivity contribution >= 4 is 5.91 Å². The Morgan fingerprint density at radius 3 is 2.65 bits per heavy atom. The van der Waals surface area contributed by atoms with E-state index in [9.17, 15) is 4.79 Å². The van der Waals surface area contributed by atoms with Gasteiger partial charge in [-0.25, -0.2) is 0 Å². The Kier molecular flexibility index (Phi) is 3.76. The van der Waals surface area contributed by atoms with Crippen molar-refractivity contribution in [3.05, 3.63) is 35.9 Å². The van der Waals surface area contributed by atoms with Crippen molar-refractivity contribution in [3.63, 3.8) is 0 Å². The lowest BCUT2D eigenvalue weighted by atomic mass is 9.98. The second kappa shape index (κ2) is 5.29. The van der Waals surface area contributed by atoms with Crippen LogP contribution in [0.3, 0.4) is 0 Å². The van der Waals surface area contributed by atoms with Gasteiger partial charge in [0.05, 0.1) is 5.92 Å². The largest absolute Gasteiger partial charge is 0.341 e. The van der Waals surface area contributed by atoms with Crippen molar-refractivity contribution in [2.24, 2.45) is 11.5 Å². The zero-order chi connectivity index (χ0) is 12.3. The van der Waals surface area contributed by atoms with Gasteiger partial charge >= 0.3 is 0 Å². The second-order valence-electron chi connectivity index (χ2n) is 4.53. The van der Waals surface area contributed by atoms with E-state index in [4.69, 9.17) is 11.5 Å². The van der Waals surface area contributed by atoms with Crippen LogP contribution in [0, 0.1) is 0 Å². The van der Waals surface area contributed by atoms with E-state index in [-0.39, 0.29) is 17.9 Å². The molecule has 0 saturated carbocycles. The van der Waals surface area contributed by atoms with Crippen LogP contribution in [0.25, 0.3) is 0 Å². The summed E-state index contributed by atoms with van der Waals surface area (Å²) in [5.41, 5.74) is 12.5. The molecular formula is C13H19N3O. The first-order chi connectivity index (χ1) is 8.22. The molecule has 1 heterocycles. The summed E-state index contributed by atoms with van der Waals surface area (Å²) in [5, 5.41) is 0. The van der Waals surface area contributed by atoms with Gasteiger partial charge in [-0.3, -0.25) is 4.79 Å². The van der Waals surface area contributed by atoms with Gasteiger partial charge in [0.15, 0.2) is 0 Å². The lowest BCUT2D eigenvalue weighted by Gasteiger charge is -2.22. The number of likely N-dealkylation sites (tertiary alicyclic amines) is 1. The maximum Gasteiger partial charge on any atom is 0.231 e. The minimum absolute atomic E-state index is 0.103. The van der Waals surface area contributed by atoms with Crippen LogP contribution in [0.1, 0.15) is 17.9 Å². The van der Waals surface area contributed by atoms with Crippen LogP contribution in [-0.4, -0.2) is 36.5 Å². The van der Waals surface area contributed by atoms with Crippen LogP contribution in [0.15, 0.2) is 30.3 Å². The molecule has 2 rings (SSSR count). The predicted octanol–water partition coefficient (Wildman–Crippen LogP) is 0.289. The van der Waals surface area contributed by atoms with Gasteiger partial charge in [0.1, 0.15) is 0 Å². The average Bonchev–Trinajstić information content (AvgIpc) is 2.78. The Balaban J connectivity index is 2.11. The first kappa shape index (κ1) is 12.1. The van der Waals surface area contributed by atoms with Crippen LogP contribution in [-0.2, 0) is 4.79 Å². The lowest BCUT2D eigenvalue weighted by Crippen LogP contribution is -2.37. The van der Waals surface area contributed by atoms with Crippen molar-refractivity contribution < 1.29 is 4.79 Å². The summed E-state index contributed by atoms with van der Waals surface area (Å²) in [5.74, 6) is -0.131. The molecule has 1 aliphatic heterocycles. The molecule has 1 amide bonds. The minimum atomic E-state index is -0.235. The van der Waals surface area contributed by atoms with E-state index in [0.717, 1.165) is 18.5 Å². The second-order valence-corrected chi connectivity index (χ2v) is 4.53. The highest BCUT2D eigenvalue weighted by Crippen LogP contribution is 2.19. The number of nitrogens with zero attached hydrogens (tertiary/aromatic N) is 1. The number of nitrogens with two attached hydrogens (primary N) is 2. The van der Waals surface area contributed by atoms with E-state index >= 15 is 0 Å². The molecule has 1 aromatic carbocycles. The van der Waals surface area contributed by atoms with Gasteiger partial charge in [-0.1, -0.05) is 30.3 Å². The highest BCUT2D eigenvalue weighted by atomic mass is 16.2. The Bertz CT molecular complexity index is 380. The number of benzene rings is 1. The topological polar surface area (TPSA) is 72.4 Å². The molecule has 2 atom stereocenters. The van der Waals surface area contributed by atoms with Gasteiger partial charge < -0.3 is 16.4 Å². The molecule has 1 aromatic rings. The number of rotatable bonds is 3. The lowest BCUT2D eigenvalue weighted by molar-refractivity contribution is -0.131. The van der Waals surface area contributed by atoms with Crippen molar-refractivity contribution in [3.8, 4) is 0 Å². The summed E-state index contributed by atoms with van der Waals surface area (Å²) in [4.78, 5) is 14.1. The maximum atomic E-state index is 12.3. The third kappa shape index (κ3) is 2.65. The first-order valence-corrected chi connectivity index (χ1v) is 6.01. The predicted molar refractivity (Wildman–Crippen MR) is 67.4 cm³/mol. The van der Waals surface area contributed by atoms with Gasteiger partial charge in [0.25, 0.3) is 0 Å². The van der Waals surface area contributed by atoms with Crippen molar-refractivity contribution in [1.29, 1.82) is 0 Å². The molecule has 1 aliphatic rings. The first-order valence-electron chi connectivity index (χ1n) is 6.01. The van der Waals surface area contributed by atoms with Gasteiger partial charge in [-0.2, -0.15) is 0 Å². The van der Waals surface area contributed by atoms with E-state index in [0.29, 0.717) is 13.1 Å². The fourth-order valence-electron chi connectivity index (χ4n) is 2.27. The fraction of sp³-hybridized carbons (Fsp3) is 0.462. The number of hydrogen-bond donors (Lipinski definition) is 2. The quantitative estimate of drug-likeness (QED) is 0.788. The van der Waals surface area contributed by atoms with Crippen molar-refractivity contribution in [1.82, 2.24) is 4.90 Å². The normalized spacial score (nSPS) is 21.5. The standard InChI is InChI=1S/C13H19N3O/c14-8-12(10-4-2-1-3-5-10)13(17)16-7-6-11(15)9-16/h1-5,11-12H,6-9,14-15H2. The molecule has 0 radical (unpaired) electrons. The molecule has 92 valence electrons. The highest BCUT2D eigenvalue weighted by molar-refractivity contribution is 5.84. The third-order valence-electron chi connectivity index (χ3n) is 3.27. The summed E-state index contributed by atoms with van der Waals surface area (Å²) in [6.45, 7) is 1.75. The van der Waals surface area contributed by atoms with Crippen LogP contribution in [0.5, 0.6) is 0 Å². The summed E-state index contributed by atoms with van der Waals surface area (Å²) in [6.07, 6.45) is 0.887. The highest BCUT2D eigenvalue weighted by Gasteiger charge is 2.29. The van der Waals surface area contributed by atoms with Crippen molar-refractivity contribution in [2.45, 2.75) is 18.4 Å². The molecule has 17 heavy (non-hydrogen) atoms. The fourth-order valence-corrected chi connectivity index (χ4v) is 2.27. The Morgan fingerprint density at radius 1 is 1.41 bits per heavy atom. The van der Waals surface area contributed by atoms with E-state index in [1.807, 2.05) is 35.2 Å². The van der Waals surface area contributed by atoms with E-state index in [1.165, 1.54) is 0 Å². The summed E-state index contributed by atoms with van der Waals surface area (Å²) < 4.78 is 0. The Labute approximate surface area is 102 Å². The molecule has 2 unspecified atom stereocenters. The van der Waals surface area contributed by atoms with Crippen LogP contribution >= 0.6 is 0 Å². The minimum Gasteiger partial charge on any atom is -0.341 e. The molecule has 4 nitrogen and oxygen atoms in total.